The number of nitrogens with zero attached hydrogens (tertiary/aromatic N) is 4. The van der Waals surface area contributed by atoms with Gasteiger partial charge in [0.05, 0.1) is 5.69 Å². The summed E-state index contributed by atoms with van der Waals surface area (Å²) in [5.74, 6) is 1.72. The van der Waals surface area contributed by atoms with Crippen LogP contribution in [-0.2, 0) is 5.75 Å². The minimum absolute atomic E-state index is 0.0553. The van der Waals surface area contributed by atoms with Crippen molar-refractivity contribution in [3.63, 3.8) is 0 Å². The van der Waals surface area contributed by atoms with Crippen molar-refractivity contribution in [2.75, 3.05) is 0 Å². The molecule has 0 aliphatic heterocycles. The molecule has 1 aliphatic rings. The summed E-state index contributed by atoms with van der Waals surface area (Å²) in [4.78, 5) is 17.1. The predicted molar refractivity (Wildman–Crippen MR) is 89.0 cm³/mol. The summed E-state index contributed by atoms with van der Waals surface area (Å²) in [6, 6.07) is 1.56. The van der Waals surface area contributed by atoms with Crippen LogP contribution in [0.2, 0.25) is 0 Å². The first kappa shape index (κ1) is 14.9. The van der Waals surface area contributed by atoms with Crippen LogP contribution in [0.15, 0.2) is 32.1 Å². The van der Waals surface area contributed by atoms with Gasteiger partial charge in [0.15, 0.2) is 4.96 Å². The summed E-state index contributed by atoms with van der Waals surface area (Å²) in [5, 5.41) is 10.7. The average molecular weight is 348 g/mol. The van der Waals surface area contributed by atoms with Crippen LogP contribution in [-0.4, -0.2) is 19.6 Å². The maximum absolute atomic E-state index is 12.0. The molecule has 0 N–H and O–H groups in total. The van der Waals surface area contributed by atoms with E-state index in [1.165, 1.54) is 42.4 Å². The molecule has 1 aliphatic carbocycles. The number of thioether (sulfide) groups is 1. The molecule has 23 heavy (non-hydrogen) atoms. The third kappa shape index (κ3) is 3.18. The summed E-state index contributed by atoms with van der Waals surface area (Å²) in [5.41, 5.74) is 0.681. The molecular formula is C15H16N4O2S2. The van der Waals surface area contributed by atoms with Crippen LogP contribution in [0.1, 0.15) is 49.6 Å². The topological polar surface area (TPSA) is 73.3 Å². The highest BCUT2D eigenvalue weighted by Gasteiger charge is 2.21. The first-order valence-corrected chi connectivity index (χ1v) is 9.58. The van der Waals surface area contributed by atoms with Gasteiger partial charge in [0.25, 0.3) is 10.8 Å². The number of aromatic nitrogens is 4. The van der Waals surface area contributed by atoms with E-state index in [0.717, 1.165) is 24.4 Å². The second kappa shape index (κ2) is 6.45. The maximum atomic E-state index is 12.0. The van der Waals surface area contributed by atoms with Gasteiger partial charge in [-0.3, -0.25) is 9.20 Å². The van der Waals surface area contributed by atoms with E-state index in [1.54, 1.807) is 16.7 Å². The van der Waals surface area contributed by atoms with Gasteiger partial charge in [0.1, 0.15) is 0 Å². The molecule has 0 unspecified atom stereocenters. The van der Waals surface area contributed by atoms with E-state index < -0.39 is 0 Å². The van der Waals surface area contributed by atoms with Gasteiger partial charge in [0.2, 0.25) is 5.89 Å². The van der Waals surface area contributed by atoms with Gasteiger partial charge in [-0.2, -0.15) is 0 Å². The average Bonchev–Trinajstić information content (AvgIpc) is 3.23. The molecule has 3 aromatic heterocycles. The molecule has 1 saturated carbocycles. The van der Waals surface area contributed by atoms with Crippen LogP contribution in [0, 0.1) is 0 Å². The fourth-order valence-electron chi connectivity index (χ4n) is 2.89. The van der Waals surface area contributed by atoms with E-state index in [0.29, 0.717) is 21.9 Å². The molecule has 0 amide bonds. The summed E-state index contributed by atoms with van der Waals surface area (Å²) < 4.78 is 7.33. The molecule has 8 heteroatoms. The first-order valence-electron chi connectivity index (χ1n) is 7.71. The second-order valence-electron chi connectivity index (χ2n) is 5.67. The number of fused-ring (bicyclic) bond motifs is 1. The van der Waals surface area contributed by atoms with Gasteiger partial charge >= 0.3 is 0 Å². The molecule has 120 valence electrons. The number of thiazole rings is 1. The van der Waals surface area contributed by atoms with Gasteiger partial charge in [-0.05, 0) is 12.8 Å². The highest BCUT2D eigenvalue weighted by atomic mass is 32.2. The number of rotatable bonds is 4. The largest absolute Gasteiger partial charge is 0.416 e. The fourth-order valence-corrected chi connectivity index (χ4v) is 4.29. The lowest BCUT2D eigenvalue weighted by Gasteiger charge is -2.17. The quantitative estimate of drug-likeness (QED) is 0.672. The van der Waals surface area contributed by atoms with E-state index in [9.17, 15) is 4.79 Å². The lowest BCUT2D eigenvalue weighted by Crippen LogP contribution is -2.12. The molecule has 0 saturated heterocycles. The molecule has 3 heterocycles. The normalized spacial score (nSPS) is 16.2. The molecule has 4 rings (SSSR count). The number of hydrogen-bond donors (Lipinski definition) is 0. The predicted octanol–water partition coefficient (Wildman–Crippen LogP) is 3.48. The first-order chi connectivity index (χ1) is 11.3. The van der Waals surface area contributed by atoms with Crippen molar-refractivity contribution >= 4 is 28.1 Å². The molecule has 1 fully saturated rings. The van der Waals surface area contributed by atoms with E-state index >= 15 is 0 Å². The van der Waals surface area contributed by atoms with E-state index in [-0.39, 0.29) is 5.56 Å². The highest BCUT2D eigenvalue weighted by Crippen LogP contribution is 2.33. The van der Waals surface area contributed by atoms with Crippen molar-refractivity contribution < 1.29 is 4.42 Å². The van der Waals surface area contributed by atoms with E-state index in [4.69, 9.17) is 4.42 Å². The third-order valence-electron chi connectivity index (χ3n) is 4.08. The van der Waals surface area contributed by atoms with Crippen molar-refractivity contribution in [1.29, 1.82) is 0 Å². The van der Waals surface area contributed by atoms with Crippen LogP contribution in [0.5, 0.6) is 0 Å². The minimum Gasteiger partial charge on any atom is -0.416 e. The Morgan fingerprint density at radius 3 is 3.04 bits per heavy atom. The zero-order valence-corrected chi connectivity index (χ0v) is 14.1. The van der Waals surface area contributed by atoms with Gasteiger partial charge in [-0.15, -0.1) is 21.5 Å². The lowest BCUT2D eigenvalue weighted by molar-refractivity contribution is 0.334. The van der Waals surface area contributed by atoms with E-state index in [2.05, 4.69) is 15.2 Å². The monoisotopic (exact) mass is 348 g/mol. The van der Waals surface area contributed by atoms with Crippen molar-refractivity contribution in [3.05, 3.63) is 39.6 Å². The standard InChI is InChI=1S/C15H16N4O2S2/c20-12-8-11(16-14-19(12)6-7-22-14)9-23-15-18-17-13(21-15)10-4-2-1-3-5-10/h6-8,10H,1-5,9H2. The van der Waals surface area contributed by atoms with Gasteiger partial charge in [0, 0.05) is 29.3 Å². The molecule has 0 bridgehead atoms. The Morgan fingerprint density at radius 2 is 2.17 bits per heavy atom. The SMILES string of the molecule is O=c1cc(CSc2nnc(C3CCCCC3)o2)nc2sccn12. The molecule has 0 spiro atoms. The summed E-state index contributed by atoms with van der Waals surface area (Å²) in [6.07, 6.45) is 7.80. The molecule has 0 radical (unpaired) electrons. The summed E-state index contributed by atoms with van der Waals surface area (Å²) in [7, 11) is 0. The second-order valence-corrected chi connectivity index (χ2v) is 7.47. The Balaban J connectivity index is 1.45. The summed E-state index contributed by atoms with van der Waals surface area (Å²) in [6.45, 7) is 0. The summed E-state index contributed by atoms with van der Waals surface area (Å²) >= 11 is 2.88. The Labute approximate surface area is 141 Å². The Morgan fingerprint density at radius 1 is 1.30 bits per heavy atom. The Kier molecular flexibility index (Phi) is 4.17. The molecular weight excluding hydrogens is 332 g/mol. The highest BCUT2D eigenvalue weighted by molar-refractivity contribution is 7.98. The van der Waals surface area contributed by atoms with Crippen LogP contribution in [0.4, 0.5) is 0 Å². The van der Waals surface area contributed by atoms with E-state index in [1.807, 2.05) is 5.38 Å². The molecule has 0 aromatic carbocycles. The minimum atomic E-state index is -0.0553. The lowest BCUT2D eigenvalue weighted by atomic mass is 9.89. The fraction of sp³-hybridized carbons (Fsp3) is 0.467. The van der Waals surface area contributed by atoms with Crippen molar-refractivity contribution in [2.45, 2.75) is 49.0 Å². The third-order valence-corrected chi connectivity index (χ3v) is 5.68. The van der Waals surface area contributed by atoms with Crippen LogP contribution in [0.25, 0.3) is 4.96 Å². The molecule has 6 nitrogen and oxygen atoms in total. The van der Waals surface area contributed by atoms with Gasteiger partial charge < -0.3 is 4.42 Å². The molecule has 3 aromatic rings. The van der Waals surface area contributed by atoms with Crippen LogP contribution < -0.4 is 5.56 Å². The number of hydrogen-bond acceptors (Lipinski definition) is 7. The maximum Gasteiger partial charge on any atom is 0.276 e. The Hall–Kier alpha value is -1.67. The van der Waals surface area contributed by atoms with Crippen molar-refractivity contribution in [2.24, 2.45) is 0 Å². The smallest absolute Gasteiger partial charge is 0.276 e. The van der Waals surface area contributed by atoms with Crippen molar-refractivity contribution in [3.8, 4) is 0 Å². The van der Waals surface area contributed by atoms with Gasteiger partial charge in [-0.25, -0.2) is 4.98 Å². The van der Waals surface area contributed by atoms with Gasteiger partial charge in [-0.1, -0.05) is 31.0 Å². The zero-order chi connectivity index (χ0) is 15.6. The van der Waals surface area contributed by atoms with Crippen LogP contribution >= 0.6 is 23.1 Å². The molecule has 0 atom stereocenters. The zero-order valence-electron chi connectivity index (χ0n) is 12.5. The van der Waals surface area contributed by atoms with Crippen molar-refractivity contribution in [1.82, 2.24) is 19.6 Å². The Bertz CT molecular complexity index is 864. The van der Waals surface area contributed by atoms with Crippen LogP contribution in [0.3, 0.4) is 0 Å².